The fraction of sp³-hybridized carbons (Fsp3) is 0.833. The van der Waals surface area contributed by atoms with Crippen LogP contribution in [0.1, 0.15) is 41.0 Å². The zero-order chi connectivity index (χ0) is 13.5. The van der Waals surface area contributed by atoms with Gasteiger partial charge in [-0.3, -0.25) is 14.9 Å². The van der Waals surface area contributed by atoms with E-state index in [4.69, 9.17) is 0 Å². The van der Waals surface area contributed by atoms with Gasteiger partial charge in [0.2, 0.25) is 11.8 Å². The summed E-state index contributed by atoms with van der Waals surface area (Å²) in [5, 5.41) is 8.48. The molecule has 17 heavy (non-hydrogen) atoms. The van der Waals surface area contributed by atoms with Crippen molar-refractivity contribution >= 4 is 11.8 Å². The molecular weight excluding hydrogens is 218 g/mol. The van der Waals surface area contributed by atoms with Crippen molar-refractivity contribution < 1.29 is 9.59 Å². The van der Waals surface area contributed by atoms with Crippen LogP contribution in [0.3, 0.4) is 0 Å². The third kappa shape index (κ3) is 6.94. The van der Waals surface area contributed by atoms with Crippen LogP contribution in [0, 0.1) is 0 Å². The summed E-state index contributed by atoms with van der Waals surface area (Å²) < 4.78 is 0. The molecule has 0 aromatic carbocycles. The lowest BCUT2D eigenvalue weighted by Crippen LogP contribution is -2.50. The molecular formula is C12H25N3O2. The largest absolute Gasteiger partial charge is 0.355 e. The van der Waals surface area contributed by atoms with Crippen molar-refractivity contribution in [2.45, 2.75) is 52.6 Å². The fourth-order valence-corrected chi connectivity index (χ4v) is 1.18. The molecule has 0 aliphatic heterocycles. The Labute approximate surface area is 104 Å². The molecule has 5 heteroatoms. The number of nitrogens with one attached hydrogen (secondary N) is 3. The molecule has 1 atom stereocenters. The molecule has 1 unspecified atom stereocenters. The zero-order valence-electron chi connectivity index (χ0n) is 11.5. The van der Waals surface area contributed by atoms with E-state index in [1.165, 1.54) is 0 Å². The molecule has 2 amide bonds. The molecule has 0 radical (unpaired) electrons. The van der Waals surface area contributed by atoms with Gasteiger partial charge >= 0.3 is 0 Å². The second kappa shape index (κ2) is 7.27. The van der Waals surface area contributed by atoms with Gasteiger partial charge in [0.25, 0.3) is 0 Å². The summed E-state index contributed by atoms with van der Waals surface area (Å²) in [4.78, 5) is 23.0. The summed E-state index contributed by atoms with van der Waals surface area (Å²) in [6, 6.07) is -0.356. The van der Waals surface area contributed by atoms with Crippen molar-refractivity contribution in [2.24, 2.45) is 0 Å². The Morgan fingerprint density at radius 2 is 1.82 bits per heavy atom. The number of rotatable bonds is 7. The molecule has 0 aromatic heterocycles. The predicted octanol–water partition coefficient (Wildman–Crippen LogP) is 0.405. The van der Waals surface area contributed by atoms with E-state index in [-0.39, 0.29) is 29.9 Å². The standard InChI is InChI=1S/C12H25N3O2/c1-6-12(4,5)15-10(16)8-14-9(3)11(17)13-7-2/h9,14H,6-8H2,1-5H3,(H,13,17)(H,15,16). The zero-order valence-corrected chi connectivity index (χ0v) is 11.5. The Morgan fingerprint density at radius 3 is 2.29 bits per heavy atom. The van der Waals surface area contributed by atoms with E-state index >= 15 is 0 Å². The van der Waals surface area contributed by atoms with Crippen LogP contribution in [0.15, 0.2) is 0 Å². The van der Waals surface area contributed by atoms with Crippen LogP contribution in [0.4, 0.5) is 0 Å². The topological polar surface area (TPSA) is 70.2 Å². The first-order chi connectivity index (χ1) is 7.82. The fourth-order valence-electron chi connectivity index (χ4n) is 1.18. The molecule has 0 saturated heterocycles. The Kier molecular flexibility index (Phi) is 6.80. The van der Waals surface area contributed by atoms with E-state index in [9.17, 15) is 9.59 Å². The third-order valence-corrected chi connectivity index (χ3v) is 2.67. The minimum atomic E-state index is -0.356. The van der Waals surface area contributed by atoms with E-state index < -0.39 is 0 Å². The summed E-state index contributed by atoms with van der Waals surface area (Å²) in [7, 11) is 0. The summed E-state index contributed by atoms with van der Waals surface area (Å²) >= 11 is 0. The molecule has 0 saturated carbocycles. The summed E-state index contributed by atoms with van der Waals surface area (Å²) in [5.74, 6) is -0.178. The van der Waals surface area contributed by atoms with Gasteiger partial charge in [0.1, 0.15) is 0 Å². The minimum absolute atomic E-state index is 0.0879. The Balaban J connectivity index is 3.96. The molecule has 0 heterocycles. The normalized spacial score (nSPS) is 13.0. The van der Waals surface area contributed by atoms with E-state index in [0.29, 0.717) is 6.54 Å². The summed E-state index contributed by atoms with van der Waals surface area (Å²) in [6.45, 7) is 10.3. The molecule has 0 rings (SSSR count). The monoisotopic (exact) mass is 243 g/mol. The highest BCUT2D eigenvalue weighted by molar-refractivity contribution is 5.83. The van der Waals surface area contributed by atoms with Crippen LogP contribution < -0.4 is 16.0 Å². The highest BCUT2D eigenvalue weighted by atomic mass is 16.2. The second-order valence-electron chi connectivity index (χ2n) is 4.78. The SMILES string of the molecule is CCNC(=O)C(C)NCC(=O)NC(C)(C)CC. The first kappa shape index (κ1) is 15.9. The molecule has 3 N–H and O–H groups in total. The quantitative estimate of drug-likeness (QED) is 0.606. The van der Waals surface area contributed by atoms with E-state index in [2.05, 4.69) is 16.0 Å². The number of hydrogen-bond donors (Lipinski definition) is 3. The molecule has 0 spiro atoms. The van der Waals surface area contributed by atoms with Gasteiger partial charge in [-0.1, -0.05) is 6.92 Å². The maximum atomic E-state index is 11.6. The highest BCUT2D eigenvalue weighted by Crippen LogP contribution is 2.05. The van der Waals surface area contributed by atoms with Crippen LogP contribution in [0.2, 0.25) is 0 Å². The first-order valence-corrected chi connectivity index (χ1v) is 6.14. The first-order valence-electron chi connectivity index (χ1n) is 6.14. The molecule has 0 aliphatic carbocycles. The van der Waals surface area contributed by atoms with E-state index in [1.807, 2.05) is 27.7 Å². The van der Waals surface area contributed by atoms with Crippen molar-refractivity contribution in [1.82, 2.24) is 16.0 Å². The lowest BCUT2D eigenvalue weighted by molar-refractivity contribution is -0.123. The van der Waals surface area contributed by atoms with Gasteiger partial charge in [-0.05, 0) is 34.1 Å². The number of hydrogen-bond acceptors (Lipinski definition) is 3. The van der Waals surface area contributed by atoms with Crippen LogP contribution in [-0.4, -0.2) is 36.5 Å². The highest BCUT2D eigenvalue weighted by Gasteiger charge is 2.18. The number of carbonyl (C=O) groups is 2. The lowest BCUT2D eigenvalue weighted by Gasteiger charge is -2.25. The van der Waals surface area contributed by atoms with E-state index in [1.54, 1.807) is 6.92 Å². The van der Waals surface area contributed by atoms with Crippen LogP contribution in [-0.2, 0) is 9.59 Å². The molecule has 5 nitrogen and oxygen atoms in total. The van der Waals surface area contributed by atoms with Gasteiger partial charge < -0.3 is 10.6 Å². The van der Waals surface area contributed by atoms with Gasteiger partial charge in [-0.15, -0.1) is 0 Å². The number of likely N-dealkylation sites (N-methyl/N-ethyl adjacent to an activating group) is 1. The van der Waals surface area contributed by atoms with Gasteiger partial charge in [-0.25, -0.2) is 0 Å². The summed E-state index contributed by atoms with van der Waals surface area (Å²) in [6.07, 6.45) is 0.866. The van der Waals surface area contributed by atoms with Crippen molar-refractivity contribution in [2.75, 3.05) is 13.1 Å². The maximum Gasteiger partial charge on any atom is 0.236 e. The van der Waals surface area contributed by atoms with Crippen molar-refractivity contribution in [3.8, 4) is 0 Å². The van der Waals surface area contributed by atoms with Crippen LogP contribution in [0.25, 0.3) is 0 Å². The number of amides is 2. The molecule has 0 fully saturated rings. The van der Waals surface area contributed by atoms with Crippen LogP contribution in [0.5, 0.6) is 0 Å². The Morgan fingerprint density at radius 1 is 1.24 bits per heavy atom. The van der Waals surface area contributed by atoms with Gasteiger partial charge in [0.15, 0.2) is 0 Å². The van der Waals surface area contributed by atoms with Crippen LogP contribution >= 0.6 is 0 Å². The third-order valence-electron chi connectivity index (χ3n) is 2.67. The minimum Gasteiger partial charge on any atom is -0.355 e. The summed E-state index contributed by atoms with van der Waals surface area (Å²) in [5.41, 5.74) is -0.201. The molecule has 100 valence electrons. The molecule has 0 aliphatic rings. The average molecular weight is 243 g/mol. The molecule has 0 bridgehead atoms. The van der Waals surface area contributed by atoms with E-state index in [0.717, 1.165) is 6.42 Å². The molecule has 0 aromatic rings. The predicted molar refractivity (Wildman–Crippen MR) is 68.7 cm³/mol. The Bertz CT molecular complexity index is 264. The van der Waals surface area contributed by atoms with Gasteiger partial charge in [0.05, 0.1) is 12.6 Å². The Hall–Kier alpha value is -1.10. The van der Waals surface area contributed by atoms with Crippen molar-refractivity contribution in [1.29, 1.82) is 0 Å². The second-order valence-corrected chi connectivity index (χ2v) is 4.78. The maximum absolute atomic E-state index is 11.6. The average Bonchev–Trinajstić information content (AvgIpc) is 2.25. The lowest BCUT2D eigenvalue weighted by atomic mass is 10.0. The van der Waals surface area contributed by atoms with Crippen molar-refractivity contribution in [3.05, 3.63) is 0 Å². The van der Waals surface area contributed by atoms with Gasteiger partial charge in [0, 0.05) is 12.1 Å². The smallest absolute Gasteiger partial charge is 0.236 e. The van der Waals surface area contributed by atoms with Gasteiger partial charge in [-0.2, -0.15) is 0 Å². The number of carbonyl (C=O) groups excluding carboxylic acids is 2. The van der Waals surface area contributed by atoms with Crippen molar-refractivity contribution in [3.63, 3.8) is 0 Å².